The van der Waals surface area contributed by atoms with Gasteiger partial charge in [0.1, 0.15) is 5.82 Å². The topological polar surface area (TPSA) is 67.2 Å². The summed E-state index contributed by atoms with van der Waals surface area (Å²) in [6.45, 7) is 15.8. The summed E-state index contributed by atoms with van der Waals surface area (Å²) < 4.78 is 12.4. The van der Waals surface area contributed by atoms with Gasteiger partial charge >= 0.3 is 0 Å². The molecule has 0 saturated heterocycles. The summed E-state index contributed by atoms with van der Waals surface area (Å²) in [5.74, 6) is -0.216. The van der Waals surface area contributed by atoms with Crippen LogP contribution in [-0.2, 0) is 11.2 Å². The lowest BCUT2D eigenvalue weighted by atomic mass is 9.86. The highest BCUT2D eigenvalue weighted by Crippen LogP contribution is 2.34. The lowest BCUT2D eigenvalue weighted by Gasteiger charge is -2.15. The highest BCUT2D eigenvalue weighted by Gasteiger charge is 2.37. The molecular weight excluding hydrogens is 415 g/mol. The number of amides is 1. The quantitative estimate of drug-likeness (QED) is 0.618. The largest absolute Gasteiger partial charge is 0.325 e. The van der Waals surface area contributed by atoms with Gasteiger partial charge in [0.25, 0.3) is 0 Å². The summed E-state index contributed by atoms with van der Waals surface area (Å²) in [6.07, 6.45) is 5.99. The number of aryl methyl sites for hydroxylation is 4. The molecule has 176 valence electrons. The summed E-state index contributed by atoms with van der Waals surface area (Å²) in [5, 5.41) is 2.97. The van der Waals surface area contributed by atoms with Gasteiger partial charge < -0.3 is 5.32 Å². The van der Waals surface area contributed by atoms with Crippen LogP contribution in [0.2, 0.25) is 0 Å². The summed E-state index contributed by atoms with van der Waals surface area (Å²) in [6, 6.07) is 3.60. The Kier molecular flexibility index (Phi) is 8.42. The minimum absolute atomic E-state index is 0.0393. The molecule has 0 fully saturated rings. The Hall–Kier alpha value is -3.15. The molecule has 1 aliphatic rings. The lowest BCUT2D eigenvalue weighted by Crippen LogP contribution is -2.28. The van der Waals surface area contributed by atoms with Crippen LogP contribution in [0.3, 0.4) is 0 Å². The number of hydrogen-bond acceptors (Lipinski definition) is 4. The number of aromatic nitrogens is 2. The van der Waals surface area contributed by atoms with Crippen LogP contribution < -0.4 is 5.32 Å². The van der Waals surface area contributed by atoms with Gasteiger partial charge in [0, 0.05) is 35.9 Å². The highest BCUT2D eigenvalue weighted by atomic mass is 19.1. The molecule has 0 aliphatic carbocycles. The standard InChI is InChI=1S/C19H25N3O.C8H10FN/c1-11-8-15(14(4)21-10-11)17(20-7)12(2)9-16-13(3)19(5,6)18(23)22-16;1-3-8-6(2)4-7(9)5-10-8/h8-10H,1-7H3,(H,22,23);4-5H,3H2,1-2H3/b12-9+,20-17?;. The summed E-state index contributed by atoms with van der Waals surface area (Å²) >= 11 is 0. The molecule has 0 aromatic carbocycles. The molecule has 0 saturated carbocycles. The first-order chi connectivity index (χ1) is 15.4. The Bertz CT molecular complexity index is 1140. The van der Waals surface area contributed by atoms with Gasteiger partial charge in [-0.25, -0.2) is 4.39 Å². The van der Waals surface area contributed by atoms with Gasteiger partial charge in [-0.1, -0.05) is 6.92 Å². The molecule has 2 aromatic rings. The van der Waals surface area contributed by atoms with Crippen LogP contribution in [0.5, 0.6) is 0 Å². The summed E-state index contributed by atoms with van der Waals surface area (Å²) in [5.41, 5.74) is 8.36. The molecule has 33 heavy (non-hydrogen) atoms. The van der Waals surface area contributed by atoms with Crippen molar-refractivity contribution >= 4 is 11.6 Å². The molecule has 3 rings (SSSR count). The predicted molar refractivity (Wildman–Crippen MR) is 133 cm³/mol. The summed E-state index contributed by atoms with van der Waals surface area (Å²) in [4.78, 5) is 24.9. The van der Waals surface area contributed by atoms with Crippen molar-refractivity contribution in [2.24, 2.45) is 10.4 Å². The molecule has 0 spiro atoms. The van der Waals surface area contributed by atoms with Gasteiger partial charge in [0.15, 0.2) is 0 Å². The number of allylic oxidation sites excluding steroid dienone is 2. The maximum absolute atomic E-state index is 12.4. The van der Waals surface area contributed by atoms with Crippen molar-refractivity contribution in [3.05, 3.63) is 81.3 Å². The fourth-order valence-electron chi connectivity index (χ4n) is 3.63. The van der Waals surface area contributed by atoms with Gasteiger partial charge in [-0.2, -0.15) is 0 Å². The molecule has 0 radical (unpaired) electrons. The molecule has 5 nitrogen and oxygen atoms in total. The average molecular weight is 451 g/mol. The van der Waals surface area contributed by atoms with E-state index in [0.29, 0.717) is 0 Å². The third-order valence-electron chi connectivity index (χ3n) is 6.08. The van der Waals surface area contributed by atoms with Crippen molar-refractivity contribution in [1.82, 2.24) is 15.3 Å². The molecule has 0 bridgehead atoms. The second-order valence-corrected chi connectivity index (χ2v) is 8.93. The molecule has 6 heteroatoms. The number of nitrogens with one attached hydrogen (secondary N) is 1. The van der Waals surface area contributed by atoms with Crippen LogP contribution in [0.4, 0.5) is 4.39 Å². The average Bonchev–Trinajstić information content (AvgIpc) is 2.94. The van der Waals surface area contributed by atoms with Crippen LogP contribution in [-0.4, -0.2) is 28.6 Å². The SMILES string of the molecule is CCc1ncc(F)cc1C.CN=C(/C(C)=C/C1=C(C)C(C)(C)C(=O)N1)c1cc(C)cnc1C. The van der Waals surface area contributed by atoms with Crippen molar-refractivity contribution in [3.63, 3.8) is 0 Å². The zero-order valence-electron chi connectivity index (χ0n) is 21.2. The monoisotopic (exact) mass is 450 g/mol. The fraction of sp³-hybridized carbons (Fsp3) is 0.407. The molecule has 3 heterocycles. The number of aliphatic imine (C=N–C) groups is 1. The predicted octanol–water partition coefficient (Wildman–Crippen LogP) is 5.59. The molecule has 0 atom stereocenters. The van der Waals surface area contributed by atoms with Crippen LogP contribution in [0.25, 0.3) is 0 Å². The number of rotatable bonds is 4. The fourth-order valence-corrected chi connectivity index (χ4v) is 3.63. The van der Waals surface area contributed by atoms with E-state index in [1.807, 2.05) is 67.7 Å². The van der Waals surface area contributed by atoms with Gasteiger partial charge in [0.05, 0.1) is 17.3 Å². The number of hydrogen-bond donors (Lipinski definition) is 1. The second-order valence-electron chi connectivity index (χ2n) is 8.93. The van der Waals surface area contributed by atoms with E-state index in [4.69, 9.17) is 0 Å². The molecule has 1 N–H and O–H groups in total. The van der Waals surface area contributed by atoms with Crippen molar-refractivity contribution < 1.29 is 9.18 Å². The van der Waals surface area contributed by atoms with E-state index in [2.05, 4.69) is 26.3 Å². The minimum atomic E-state index is -0.462. The van der Waals surface area contributed by atoms with Crippen molar-refractivity contribution in [1.29, 1.82) is 0 Å². The first-order valence-corrected chi connectivity index (χ1v) is 11.1. The minimum Gasteiger partial charge on any atom is -0.325 e. The lowest BCUT2D eigenvalue weighted by molar-refractivity contribution is -0.125. The maximum atomic E-state index is 12.4. The Morgan fingerprint density at radius 1 is 1.15 bits per heavy atom. The molecule has 0 unspecified atom stereocenters. The van der Waals surface area contributed by atoms with Crippen molar-refractivity contribution in [2.75, 3.05) is 7.05 Å². The Labute approximate surface area is 197 Å². The molecular formula is C27H35FN4O. The van der Waals surface area contributed by atoms with Gasteiger partial charge in [-0.15, -0.1) is 0 Å². The maximum Gasteiger partial charge on any atom is 0.234 e. The Morgan fingerprint density at radius 3 is 2.33 bits per heavy atom. The number of carbonyl (C=O) groups is 1. The Morgan fingerprint density at radius 2 is 1.82 bits per heavy atom. The first kappa shape index (κ1) is 26.1. The summed E-state index contributed by atoms with van der Waals surface area (Å²) in [7, 11) is 1.78. The van der Waals surface area contributed by atoms with Crippen LogP contribution in [0.1, 0.15) is 62.7 Å². The third-order valence-corrected chi connectivity index (χ3v) is 6.08. The van der Waals surface area contributed by atoms with Crippen LogP contribution >= 0.6 is 0 Å². The van der Waals surface area contributed by atoms with E-state index < -0.39 is 5.41 Å². The van der Waals surface area contributed by atoms with E-state index in [1.54, 1.807) is 7.05 Å². The third kappa shape index (κ3) is 6.01. The zero-order valence-corrected chi connectivity index (χ0v) is 21.2. The zero-order chi connectivity index (χ0) is 24.9. The van der Waals surface area contributed by atoms with Gasteiger partial charge in [-0.3, -0.25) is 19.8 Å². The van der Waals surface area contributed by atoms with E-state index in [-0.39, 0.29) is 11.7 Å². The number of carbonyl (C=O) groups excluding carboxylic acids is 1. The first-order valence-electron chi connectivity index (χ1n) is 11.1. The van der Waals surface area contributed by atoms with Crippen LogP contribution in [0.15, 0.2) is 52.4 Å². The van der Waals surface area contributed by atoms with Gasteiger partial charge in [-0.05, 0) is 95.4 Å². The smallest absolute Gasteiger partial charge is 0.234 e. The normalized spacial score (nSPS) is 15.9. The van der Waals surface area contributed by atoms with Crippen molar-refractivity contribution in [2.45, 2.75) is 61.8 Å². The highest BCUT2D eigenvalue weighted by molar-refractivity contribution is 6.13. The van der Waals surface area contributed by atoms with E-state index >= 15 is 0 Å². The van der Waals surface area contributed by atoms with E-state index in [1.165, 1.54) is 12.3 Å². The van der Waals surface area contributed by atoms with E-state index in [9.17, 15) is 9.18 Å². The van der Waals surface area contributed by atoms with E-state index in [0.717, 1.165) is 57.1 Å². The number of pyridine rings is 2. The second kappa shape index (κ2) is 10.6. The number of nitrogens with zero attached hydrogens (tertiary/aromatic N) is 3. The number of halogens is 1. The van der Waals surface area contributed by atoms with Crippen molar-refractivity contribution in [3.8, 4) is 0 Å². The van der Waals surface area contributed by atoms with Gasteiger partial charge in [0.2, 0.25) is 5.91 Å². The Balaban J connectivity index is 0.000000321. The molecule has 1 amide bonds. The van der Waals surface area contributed by atoms with Crippen LogP contribution in [0, 0.1) is 32.0 Å². The molecule has 2 aromatic heterocycles. The molecule has 1 aliphatic heterocycles.